The third-order valence-electron chi connectivity index (χ3n) is 1.81. The van der Waals surface area contributed by atoms with Gasteiger partial charge in [0, 0.05) is 11.3 Å². The molecular formula is C10H12N2O3. The molecule has 0 spiro atoms. The first-order chi connectivity index (χ1) is 7.19. The van der Waals surface area contributed by atoms with E-state index in [2.05, 4.69) is 14.7 Å². The molecule has 5 heteroatoms. The van der Waals surface area contributed by atoms with Gasteiger partial charge in [-0.05, 0) is 18.2 Å². The molecule has 0 aliphatic heterocycles. The van der Waals surface area contributed by atoms with Crippen molar-refractivity contribution in [2.24, 2.45) is 5.16 Å². The molecule has 1 rings (SSSR count). The molecular weight excluding hydrogens is 196 g/mol. The minimum absolute atomic E-state index is 0.415. The summed E-state index contributed by atoms with van der Waals surface area (Å²) in [5, 5.41) is 3.57. The quantitative estimate of drug-likeness (QED) is 0.348. The van der Waals surface area contributed by atoms with Crippen LogP contribution in [-0.4, -0.2) is 26.4 Å². The predicted octanol–water partition coefficient (Wildman–Crippen LogP) is 1.04. The maximum atomic E-state index is 11.2. The molecule has 1 aromatic carbocycles. The van der Waals surface area contributed by atoms with E-state index < -0.39 is 5.97 Å². The van der Waals surface area contributed by atoms with Crippen LogP contribution >= 0.6 is 0 Å². The maximum Gasteiger partial charge on any atom is 0.337 e. The second-order valence-corrected chi connectivity index (χ2v) is 2.75. The lowest BCUT2D eigenvalue weighted by molar-refractivity contribution is 0.0601. The topological polar surface area (TPSA) is 73.9 Å². The van der Waals surface area contributed by atoms with E-state index >= 15 is 0 Å². The second kappa shape index (κ2) is 4.99. The highest BCUT2D eigenvalue weighted by Gasteiger charge is 2.07. The molecule has 0 saturated heterocycles. The number of methoxy groups -OCH3 is 1. The molecule has 0 atom stereocenters. The molecule has 0 fully saturated rings. The standard InChI is InChI=1S/C10H12N2O3/c1-14-10(13)7-3-4-9(11)8(5-7)6-12-15-2/h3-6H,11H2,1-2H3/b12-6-. The van der Waals surface area contributed by atoms with Crippen LogP contribution < -0.4 is 5.73 Å². The van der Waals surface area contributed by atoms with Gasteiger partial charge in [-0.25, -0.2) is 4.79 Å². The first-order valence-electron chi connectivity index (χ1n) is 4.23. The number of hydrogen-bond acceptors (Lipinski definition) is 5. The van der Waals surface area contributed by atoms with Gasteiger partial charge in [0.15, 0.2) is 0 Å². The molecule has 2 N–H and O–H groups in total. The number of benzene rings is 1. The monoisotopic (exact) mass is 208 g/mol. The summed E-state index contributed by atoms with van der Waals surface area (Å²) < 4.78 is 4.58. The third kappa shape index (κ3) is 2.70. The molecule has 1 aromatic rings. The van der Waals surface area contributed by atoms with Crippen molar-refractivity contribution in [3.05, 3.63) is 29.3 Å². The highest BCUT2D eigenvalue weighted by atomic mass is 16.6. The summed E-state index contributed by atoms with van der Waals surface area (Å²) in [5.74, 6) is -0.415. The van der Waals surface area contributed by atoms with E-state index in [1.165, 1.54) is 20.4 Å². The van der Waals surface area contributed by atoms with Crippen LogP contribution in [0.15, 0.2) is 23.4 Å². The number of ether oxygens (including phenoxy) is 1. The molecule has 0 aliphatic carbocycles. The van der Waals surface area contributed by atoms with Crippen molar-refractivity contribution in [2.75, 3.05) is 20.0 Å². The third-order valence-corrected chi connectivity index (χ3v) is 1.81. The Balaban J connectivity index is 3.05. The Morgan fingerprint density at radius 2 is 2.20 bits per heavy atom. The first-order valence-corrected chi connectivity index (χ1v) is 4.23. The van der Waals surface area contributed by atoms with Crippen molar-refractivity contribution >= 4 is 17.9 Å². The first kappa shape index (κ1) is 11.0. The average molecular weight is 208 g/mol. The number of oxime groups is 1. The normalized spacial score (nSPS) is 10.3. The van der Waals surface area contributed by atoms with Crippen LogP contribution in [0.4, 0.5) is 5.69 Å². The number of nitrogens with zero attached hydrogens (tertiary/aromatic N) is 1. The SMILES string of the molecule is CO/N=C\c1cc(C(=O)OC)ccc1N. The van der Waals surface area contributed by atoms with Crippen LogP contribution in [0.1, 0.15) is 15.9 Å². The van der Waals surface area contributed by atoms with Gasteiger partial charge >= 0.3 is 5.97 Å². The van der Waals surface area contributed by atoms with Gasteiger partial charge in [-0.1, -0.05) is 5.16 Å². The van der Waals surface area contributed by atoms with E-state index in [4.69, 9.17) is 5.73 Å². The summed E-state index contributed by atoms with van der Waals surface area (Å²) in [6.45, 7) is 0. The fourth-order valence-corrected chi connectivity index (χ4v) is 1.04. The van der Waals surface area contributed by atoms with Crippen LogP contribution in [0.3, 0.4) is 0 Å². The van der Waals surface area contributed by atoms with E-state index in [0.29, 0.717) is 16.8 Å². The summed E-state index contributed by atoms with van der Waals surface area (Å²) in [6.07, 6.45) is 1.43. The Morgan fingerprint density at radius 1 is 1.47 bits per heavy atom. The molecule has 0 unspecified atom stereocenters. The zero-order chi connectivity index (χ0) is 11.3. The minimum Gasteiger partial charge on any atom is -0.465 e. The number of esters is 1. The Morgan fingerprint density at radius 3 is 2.80 bits per heavy atom. The molecule has 80 valence electrons. The van der Waals surface area contributed by atoms with Gasteiger partial charge in [0.1, 0.15) is 7.11 Å². The number of rotatable bonds is 3. The van der Waals surface area contributed by atoms with Gasteiger partial charge in [0.05, 0.1) is 18.9 Å². The minimum atomic E-state index is -0.415. The number of anilines is 1. The summed E-state index contributed by atoms with van der Waals surface area (Å²) >= 11 is 0. The highest BCUT2D eigenvalue weighted by Crippen LogP contribution is 2.13. The molecule has 15 heavy (non-hydrogen) atoms. The maximum absolute atomic E-state index is 11.2. The molecule has 0 amide bonds. The van der Waals surface area contributed by atoms with Crippen molar-refractivity contribution in [1.29, 1.82) is 0 Å². The highest BCUT2D eigenvalue weighted by molar-refractivity contribution is 5.94. The van der Waals surface area contributed by atoms with Crippen molar-refractivity contribution in [1.82, 2.24) is 0 Å². The molecule has 0 bridgehead atoms. The number of nitrogens with two attached hydrogens (primary N) is 1. The van der Waals surface area contributed by atoms with Crippen molar-refractivity contribution in [3.63, 3.8) is 0 Å². The van der Waals surface area contributed by atoms with Gasteiger partial charge < -0.3 is 15.3 Å². The summed E-state index contributed by atoms with van der Waals surface area (Å²) in [4.78, 5) is 15.7. The fraction of sp³-hybridized carbons (Fsp3) is 0.200. The number of hydrogen-bond donors (Lipinski definition) is 1. The molecule has 0 aliphatic rings. The number of carbonyl (C=O) groups is 1. The van der Waals surface area contributed by atoms with Gasteiger partial charge in [-0.15, -0.1) is 0 Å². The predicted molar refractivity (Wildman–Crippen MR) is 56.8 cm³/mol. The van der Waals surface area contributed by atoms with Crippen LogP contribution in [0.25, 0.3) is 0 Å². The van der Waals surface area contributed by atoms with Crippen molar-refractivity contribution in [2.45, 2.75) is 0 Å². The van der Waals surface area contributed by atoms with Gasteiger partial charge in [-0.2, -0.15) is 0 Å². The van der Waals surface area contributed by atoms with Crippen LogP contribution in [-0.2, 0) is 9.57 Å². The van der Waals surface area contributed by atoms with Crippen molar-refractivity contribution < 1.29 is 14.4 Å². The zero-order valence-electron chi connectivity index (χ0n) is 8.56. The lowest BCUT2D eigenvalue weighted by Gasteiger charge is -2.03. The number of nitrogen functional groups attached to an aromatic ring is 1. The number of carbonyl (C=O) groups excluding carboxylic acids is 1. The Kier molecular flexibility index (Phi) is 3.68. The molecule has 5 nitrogen and oxygen atoms in total. The Bertz CT molecular complexity index is 388. The van der Waals surface area contributed by atoms with Crippen molar-refractivity contribution in [3.8, 4) is 0 Å². The molecule has 0 aromatic heterocycles. The van der Waals surface area contributed by atoms with E-state index in [1.54, 1.807) is 18.2 Å². The lowest BCUT2D eigenvalue weighted by atomic mass is 10.1. The zero-order valence-corrected chi connectivity index (χ0v) is 8.56. The molecule has 0 radical (unpaired) electrons. The molecule has 0 saturated carbocycles. The van der Waals surface area contributed by atoms with E-state index in [9.17, 15) is 4.79 Å². The van der Waals surface area contributed by atoms with E-state index in [1.807, 2.05) is 0 Å². The van der Waals surface area contributed by atoms with E-state index in [-0.39, 0.29) is 0 Å². The van der Waals surface area contributed by atoms with Crippen LogP contribution in [0, 0.1) is 0 Å². The smallest absolute Gasteiger partial charge is 0.337 e. The van der Waals surface area contributed by atoms with Gasteiger partial charge in [-0.3, -0.25) is 0 Å². The Labute approximate surface area is 87.5 Å². The van der Waals surface area contributed by atoms with Gasteiger partial charge in [0.25, 0.3) is 0 Å². The summed E-state index contributed by atoms with van der Waals surface area (Å²) in [6, 6.07) is 4.79. The van der Waals surface area contributed by atoms with Crippen LogP contribution in [0.2, 0.25) is 0 Å². The van der Waals surface area contributed by atoms with Crippen LogP contribution in [0.5, 0.6) is 0 Å². The average Bonchev–Trinajstić information content (AvgIpc) is 2.27. The van der Waals surface area contributed by atoms with E-state index in [0.717, 1.165) is 0 Å². The Hall–Kier alpha value is -2.04. The van der Waals surface area contributed by atoms with Gasteiger partial charge in [0.2, 0.25) is 0 Å². The summed E-state index contributed by atoms with van der Waals surface area (Å²) in [5.41, 5.74) is 7.22. The fourth-order valence-electron chi connectivity index (χ4n) is 1.04. The molecule has 0 heterocycles. The summed E-state index contributed by atoms with van der Waals surface area (Å²) in [7, 11) is 2.75. The second-order valence-electron chi connectivity index (χ2n) is 2.75. The largest absolute Gasteiger partial charge is 0.465 e. The lowest BCUT2D eigenvalue weighted by Crippen LogP contribution is -2.03.